The second-order valence-corrected chi connectivity index (χ2v) is 6.41. The highest BCUT2D eigenvalue weighted by Crippen LogP contribution is 2.27. The maximum absolute atomic E-state index is 12.3. The molecule has 126 valence electrons. The van der Waals surface area contributed by atoms with Crippen LogP contribution in [0.5, 0.6) is 0 Å². The number of aryl methyl sites for hydroxylation is 3. The molecule has 0 fully saturated rings. The molecule has 0 spiro atoms. The fourth-order valence-corrected chi connectivity index (χ4v) is 3.40. The SMILES string of the molecule is Cc1nc(C)c(CCC(=O)Nc2cccc3c2CCCC3)c(=O)[nH]1. The molecule has 0 aliphatic heterocycles. The number of H-pyrrole nitrogens is 1. The number of anilines is 1. The minimum absolute atomic E-state index is 0.0617. The topological polar surface area (TPSA) is 74.8 Å². The lowest BCUT2D eigenvalue weighted by atomic mass is 9.90. The number of nitrogens with zero attached hydrogens (tertiary/aromatic N) is 1. The van der Waals surface area contributed by atoms with E-state index in [4.69, 9.17) is 0 Å². The van der Waals surface area contributed by atoms with E-state index in [9.17, 15) is 9.59 Å². The quantitative estimate of drug-likeness (QED) is 0.907. The number of hydrogen-bond donors (Lipinski definition) is 2. The molecule has 0 radical (unpaired) electrons. The van der Waals surface area contributed by atoms with Crippen molar-refractivity contribution in [1.82, 2.24) is 9.97 Å². The molecule has 24 heavy (non-hydrogen) atoms. The normalized spacial score (nSPS) is 13.4. The molecule has 0 saturated heterocycles. The number of hydrogen-bond acceptors (Lipinski definition) is 3. The molecule has 5 nitrogen and oxygen atoms in total. The minimum atomic E-state index is -0.148. The Morgan fingerprint density at radius 1 is 1.25 bits per heavy atom. The van der Waals surface area contributed by atoms with Gasteiger partial charge in [0.25, 0.3) is 5.56 Å². The van der Waals surface area contributed by atoms with Crippen molar-refractivity contribution in [2.24, 2.45) is 0 Å². The van der Waals surface area contributed by atoms with Crippen LogP contribution in [0.15, 0.2) is 23.0 Å². The number of aromatic nitrogens is 2. The Morgan fingerprint density at radius 3 is 2.83 bits per heavy atom. The molecule has 0 atom stereocenters. The zero-order chi connectivity index (χ0) is 17.1. The van der Waals surface area contributed by atoms with Crippen molar-refractivity contribution in [1.29, 1.82) is 0 Å². The smallest absolute Gasteiger partial charge is 0.254 e. The fourth-order valence-electron chi connectivity index (χ4n) is 3.40. The molecule has 1 aliphatic rings. The van der Waals surface area contributed by atoms with Crippen molar-refractivity contribution in [3.8, 4) is 0 Å². The Hall–Kier alpha value is -2.43. The van der Waals surface area contributed by atoms with Gasteiger partial charge in [-0.25, -0.2) is 4.98 Å². The Kier molecular flexibility index (Phi) is 4.79. The van der Waals surface area contributed by atoms with Gasteiger partial charge < -0.3 is 10.3 Å². The van der Waals surface area contributed by atoms with Gasteiger partial charge in [0.05, 0.1) is 0 Å². The molecular formula is C19H23N3O2. The van der Waals surface area contributed by atoms with Gasteiger partial charge in [-0.2, -0.15) is 0 Å². The summed E-state index contributed by atoms with van der Waals surface area (Å²) in [6.45, 7) is 3.56. The number of amides is 1. The molecule has 1 aliphatic carbocycles. The van der Waals surface area contributed by atoms with Crippen LogP contribution in [-0.4, -0.2) is 15.9 Å². The van der Waals surface area contributed by atoms with Crippen LogP contribution in [0.25, 0.3) is 0 Å². The first-order valence-corrected chi connectivity index (χ1v) is 8.51. The molecule has 2 N–H and O–H groups in total. The third-order valence-electron chi connectivity index (χ3n) is 4.61. The van der Waals surface area contributed by atoms with E-state index >= 15 is 0 Å². The van der Waals surface area contributed by atoms with Crippen LogP contribution in [0.4, 0.5) is 5.69 Å². The lowest BCUT2D eigenvalue weighted by molar-refractivity contribution is -0.116. The van der Waals surface area contributed by atoms with E-state index in [1.54, 1.807) is 6.92 Å². The summed E-state index contributed by atoms with van der Waals surface area (Å²) in [4.78, 5) is 31.3. The molecule has 2 aromatic rings. The lowest BCUT2D eigenvalue weighted by Gasteiger charge is -2.19. The van der Waals surface area contributed by atoms with Crippen molar-refractivity contribution < 1.29 is 4.79 Å². The maximum atomic E-state index is 12.3. The molecular weight excluding hydrogens is 302 g/mol. The number of fused-ring (bicyclic) bond motifs is 1. The lowest BCUT2D eigenvalue weighted by Crippen LogP contribution is -2.21. The Morgan fingerprint density at radius 2 is 2.04 bits per heavy atom. The van der Waals surface area contributed by atoms with Gasteiger partial charge in [0.15, 0.2) is 0 Å². The molecule has 0 bridgehead atoms. The Bertz CT molecular complexity index is 824. The summed E-state index contributed by atoms with van der Waals surface area (Å²) in [5.41, 5.74) is 4.67. The zero-order valence-corrected chi connectivity index (χ0v) is 14.2. The molecule has 0 saturated carbocycles. The van der Waals surface area contributed by atoms with E-state index in [1.165, 1.54) is 24.0 Å². The van der Waals surface area contributed by atoms with Crippen molar-refractivity contribution >= 4 is 11.6 Å². The summed E-state index contributed by atoms with van der Waals surface area (Å²) in [5, 5.41) is 3.02. The maximum Gasteiger partial charge on any atom is 0.254 e. The average Bonchev–Trinajstić information content (AvgIpc) is 2.54. The first-order chi connectivity index (χ1) is 11.5. The van der Waals surface area contributed by atoms with E-state index in [1.807, 2.05) is 19.1 Å². The van der Waals surface area contributed by atoms with Gasteiger partial charge in [-0.3, -0.25) is 9.59 Å². The van der Waals surface area contributed by atoms with Crippen molar-refractivity contribution in [2.45, 2.75) is 52.4 Å². The number of carbonyl (C=O) groups excluding carboxylic acids is 1. The Balaban J connectivity index is 1.68. The van der Waals surface area contributed by atoms with Gasteiger partial charge in [0, 0.05) is 23.4 Å². The second kappa shape index (κ2) is 6.99. The van der Waals surface area contributed by atoms with Crippen LogP contribution in [0.2, 0.25) is 0 Å². The molecule has 5 heteroatoms. The number of carbonyl (C=O) groups is 1. The molecule has 1 aromatic heterocycles. The van der Waals surface area contributed by atoms with E-state index in [-0.39, 0.29) is 17.9 Å². The van der Waals surface area contributed by atoms with Crippen LogP contribution in [0.1, 0.15) is 47.5 Å². The first-order valence-electron chi connectivity index (χ1n) is 8.51. The van der Waals surface area contributed by atoms with Crippen molar-refractivity contribution in [2.75, 3.05) is 5.32 Å². The molecule has 1 amide bonds. The standard InChI is InChI=1S/C19H23N3O2/c1-12-15(19(24)21-13(2)20-12)10-11-18(23)22-17-9-5-7-14-6-3-4-8-16(14)17/h5,7,9H,3-4,6,8,10-11H2,1-2H3,(H,22,23)(H,20,21,24). The zero-order valence-electron chi connectivity index (χ0n) is 14.2. The molecule has 3 rings (SSSR count). The third-order valence-corrected chi connectivity index (χ3v) is 4.61. The monoisotopic (exact) mass is 325 g/mol. The Labute approximate surface area is 141 Å². The van der Waals surface area contributed by atoms with Gasteiger partial charge in [0.2, 0.25) is 5.91 Å². The predicted molar refractivity (Wildman–Crippen MR) is 94.4 cm³/mol. The van der Waals surface area contributed by atoms with Crippen molar-refractivity contribution in [3.63, 3.8) is 0 Å². The molecule has 1 heterocycles. The van der Waals surface area contributed by atoms with Crippen LogP contribution < -0.4 is 10.9 Å². The predicted octanol–water partition coefficient (Wildman–Crippen LogP) is 2.84. The van der Waals surface area contributed by atoms with Gasteiger partial charge >= 0.3 is 0 Å². The van der Waals surface area contributed by atoms with E-state index in [2.05, 4.69) is 21.4 Å². The van der Waals surface area contributed by atoms with Gasteiger partial charge in [0.1, 0.15) is 5.82 Å². The molecule has 1 aromatic carbocycles. The highest BCUT2D eigenvalue weighted by Gasteiger charge is 2.15. The van der Waals surface area contributed by atoms with E-state index < -0.39 is 0 Å². The fraction of sp³-hybridized carbons (Fsp3) is 0.421. The first kappa shape index (κ1) is 16.4. The summed E-state index contributed by atoms with van der Waals surface area (Å²) >= 11 is 0. The van der Waals surface area contributed by atoms with Crippen LogP contribution in [0, 0.1) is 13.8 Å². The largest absolute Gasteiger partial charge is 0.326 e. The van der Waals surface area contributed by atoms with E-state index in [0.717, 1.165) is 18.5 Å². The summed E-state index contributed by atoms with van der Waals surface area (Å²) in [5.74, 6) is 0.537. The van der Waals surface area contributed by atoms with Crippen molar-refractivity contribution in [3.05, 3.63) is 56.8 Å². The molecule has 0 unspecified atom stereocenters. The van der Waals surface area contributed by atoms with Crippen LogP contribution >= 0.6 is 0 Å². The van der Waals surface area contributed by atoms with Gasteiger partial charge in [-0.1, -0.05) is 12.1 Å². The third kappa shape index (κ3) is 3.55. The number of rotatable bonds is 4. The average molecular weight is 325 g/mol. The van der Waals surface area contributed by atoms with Gasteiger partial charge in [-0.15, -0.1) is 0 Å². The van der Waals surface area contributed by atoms with Crippen LogP contribution in [-0.2, 0) is 24.1 Å². The summed E-state index contributed by atoms with van der Waals surface area (Å²) in [6.07, 6.45) is 5.17. The highest BCUT2D eigenvalue weighted by atomic mass is 16.1. The van der Waals surface area contributed by atoms with E-state index in [0.29, 0.717) is 23.5 Å². The number of benzene rings is 1. The van der Waals surface area contributed by atoms with Gasteiger partial charge in [-0.05, 0) is 63.1 Å². The minimum Gasteiger partial charge on any atom is -0.326 e. The number of nitrogens with one attached hydrogen (secondary N) is 2. The summed E-state index contributed by atoms with van der Waals surface area (Å²) in [6, 6.07) is 6.11. The van der Waals surface area contributed by atoms with Crippen LogP contribution in [0.3, 0.4) is 0 Å². The highest BCUT2D eigenvalue weighted by molar-refractivity contribution is 5.91. The second-order valence-electron chi connectivity index (χ2n) is 6.41. The summed E-state index contributed by atoms with van der Waals surface area (Å²) < 4.78 is 0. The summed E-state index contributed by atoms with van der Waals surface area (Å²) in [7, 11) is 0. The number of aromatic amines is 1.